The third kappa shape index (κ3) is 2.60. The summed E-state index contributed by atoms with van der Waals surface area (Å²) < 4.78 is 10.5. The van der Waals surface area contributed by atoms with Gasteiger partial charge in [0.2, 0.25) is 5.88 Å². The molecule has 1 heterocycles. The molecule has 1 aromatic heterocycles. The first-order chi connectivity index (χ1) is 8.58. The number of anilines is 1. The Bertz CT molecular complexity index is 622. The number of rotatable bonds is 3. The van der Waals surface area contributed by atoms with E-state index in [1.54, 1.807) is 25.1 Å². The van der Waals surface area contributed by atoms with Crippen LogP contribution in [0.15, 0.2) is 29.1 Å². The molecule has 0 radical (unpaired) electrons. The number of hydrogen-bond donors (Lipinski definition) is 2. The fourth-order valence-electron chi connectivity index (χ4n) is 1.50. The summed E-state index contributed by atoms with van der Waals surface area (Å²) >= 11 is 0. The Kier molecular flexibility index (Phi) is 3.18. The number of aromatic nitrogens is 2. The maximum absolute atomic E-state index is 11.2. The Hall–Kier alpha value is -2.50. The first-order valence-electron chi connectivity index (χ1n) is 5.28. The van der Waals surface area contributed by atoms with Gasteiger partial charge < -0.3 is 20.2 Å². The molecule has 0 atom stereocenters. The quantitative estimate of drug-likeness (QED) is 0.801. The first-order valence-corrected chi connectivity index (χ1v) is 5.28. The van der Waals surface area contributed by atoms with Crippen LogP contribution in [0.3, 0.4) is 0 Å². The highest BCUT2D eigenvalue weighted by molar-refractivity contribution is 5.56. The van der Waals surface area contributed by atoms with Crippen LogP contribution in [0.1, 0.15) is 5.82 Å². The molecule has 0 amide bonds. The van der Waals surface area contributed by atoms with Crippen LogP contribution in [0.5, 0.6) is 17.4 Å². The van der Waals surface area contributed by atoms with E-state index in [4.69, 9.17) is 15.2 Å². The second-order valence-corrected chi connectivity index (χ2v) is 3.67. The summed E-state index contributed by atoms with van der Waals surface area (Å²) in [5.41, 5.74) is 5.94. The highest BCUT2D eigenvalue weighted by Crippen LogP contribution is 2.28. The smallest absolute Gasteiger partial charge is 0.254 e. The molecule has 18 heavy (non-hydrogen) atoms. The van der Waals surface area contributed by atoms with Crippen LogP contribution in [0, 0.1) is 6.92 Å². The standard InChI is InChI=1S/C12H13N3O3/c1-7-14-11(16)6-12(15-7)18-8-3-4-10(17-2)9(13)5-8/h3-6H,13H2,1-2H3,(H,14,15,16). The first kappa shape index (κ1) is 12.0. The number of nitrogen functional groups attached to an aromatic ring is 1. The minimum atomic E-state index is -0.265. The number of methoxy groups -OCH3 is 1. The summed E-state index contributed by atoms with van der Waals surface area (Å²) in [6.45, 7) is 1.68. The Balaban J connectivity index is 2.28. The fraction of sp³-hybridized carbons (Fsp3) is 0.167. The molecule has 6 heteroatoms. The number of ether oxygens (including phenoxy) is 2. The van der Waals surface area contributed by atoms with E-state index >= 15 is 0 Å². The maximum atomic E-state index is 11.2. The Morgan fingerprint density at radius 2 is 2.11 bits per heavy atom. The molecule has 0 spiro atoms. The number of nitrogens with one attached hydrogen (secondary N) is 1. The van der Waals surface area contributed by atoms with Gasteiger partial charge in [0, 0.05) is 6.07 Å². The number of aromatic amines is 1. The zero-order chi connectivity index (χ0) is 13.1. The van der Waals surface area contributed by atoms with Crippen LogP contribution in [-0.4, -0.2) is 17.1 Å². The van der Waals surface area contributed by atoms with Gasteiger partial charge in [-0.25, -0.2) is 4.98 Å². The predicted octanol–water partition coefficient (Wildman–Crippen LogP) is 1.46. The van der Waals surface area contributed by atoms with Gasteiger partial charge >= 0.3 is 0 Å². The van der Waals surface area contributed by atoms with E-state index in [0.717, 1.165) is 0 Å². The minimum absolute atomic E-state index is 0.223. The van der Waals surface area contributed by atoms with Crippen LogP contribution in [0.25, 0.3) is 0 Å². The maximum Gasteiger partial charge on any atom is 0.254 e. The van der Waals surface area contributed by atoms with Gasteiger partial charge in [-0.3, -0.25) is 4.79 Å². The van der Waals surface area contributed by atoms with E-state index in [0.29, 0.717) is 23.0 Å². The number of H-pyrrole nitrogens is 1. The van der Waals surface area contributed by atoms with Crippen molar-refractivity contribution >= 4 is 5.69 Å². The summed E-state index contributed by atoms with van der Waals surface area (Å²) in [5, 5.41) is 0. The average molecular weight is 247 g/mol. The predicted molar refractivity (Wildman–Crippen MR) is 67.1 cm³/mol. The molecule has 1 aromatic carbocycles. The molecule has 0 fully saturated rings. The molecule has 0 aliphatic heterocycles. The lowest BCUT2D eigenvalue weighted by Crippen LogP contribution is -2.08. The van der Waals surface area contributed by atoms with E-state index in [9.17, 15) is 4.79 Å². The van der Waals surface area contributed by atoms with Crippen LogP contribution in [0.2, 0.25) is 0 Å². The van der Waals surface area contributed by atoms with Gasteiger partial charge in [0.15, 0.2) is 0 Å². The van der Waals surface area contributed by atoms with Crippen LogP contribution >= 0.6 is 0 Å². The second kappa shape index (κ2) is 4.79. The largest absolute Gasteiger partial charge is 0.495 e. The van der Waals surface area contributed by atoms with E-state index in [1.165, 1.54) is 13.2 Å². The van der Waals surface area contributed by atoms with Crippen molar-refractivity contribution in [3.05, 3.63) is 40.4 Å². The van der Waals surface area contributed by atoms with Crippen molar-refractivity contribution in [2.75, 3.05) is 12.8 Å². The number of aryl methyl sites for hydroxylation is 1. The lowest BCUT2D eigenvalue weighted by molar-refractivity contribution is 0.414. The van der Waals surface area contributed by atoms with E-state index in [1.807, 2.05) is 0 Å². The van der Waals surface area contributed by atoms with Gasteiger partial charge in [0.25, 0.3) is 5.56 Å². The number of benzene rings is 1. The molecule has 94 valence electrons. The van der Waals surface area contributed by atoms with Crippen LogP contribution < -0.4 is 20.8 Å². The Morgan fingerprint density at radius 1 is 1.33 bits per heavy atom. The van der Waals surface area contributed by atoms with E-state index < -0.39 is 0 Å². The third-order valence-corrected chi connectivity index (χ3v) is 2.26. The van der Waals surface area contributed by atoms with Crippen molar-refractivity contribution in [1.82, 2.24) is 9.97 Å². The molecule has 0 saturated heterocycles. The summed E-state index contributed by atoms with van der Waals surface area (Å²) in [4.78, 5) is 17.8. The van der Waals surface area contributed by atoms with Crippen molar-refractivity contribution in [3.63, 3.8) is 0 Å². The van der Waals surface area contributed by atoms with Crippen molar-refractivity contribution in [2.45, 2.75) is 6.92 Å². The van der Waals surface area contributed by atoms with Gasteiger partial charge in [0.05, 0.1) is 18.9 Å². The van der Waals surface area contributed by atoms with Crippen molar-refractivity contribution < 1.29 is 9.47 Å². The monoisotopic (exact) mass is 247 g/mol. The normalized spacial score (nSPS) is 10.1. The number of nitrogens with zero attached hydrogens (tertiary/aromatic N) is 1. The summed E-state index contributed by atoms with van der Waals surface area (Å²) in [5.74, 6) is 1.77. The molecule has 3 N–H and O–H groups in total. The van der Waals surface area contributed by atoms with Crippen molar-refractivity contribution in [2.24, 2.45) is 0 Å². The molecule has 6 nitrogen and oxygen atoms in total. The summed E-state index contributed by atoms with van der Waals surface area (Å²) in [7, 11) is 1.54. The molecular weight excluding hydrogens is 234 g/mol. The lowest BCUT2D eigenvalue weighted by atomic mass is 10.3. The molecule has 0 aliphatic rings. The Labute approximate surface area is 103 Å². The zero-order valence-electron chi connectivity index (χ0n) is 10.1. The molecule has 2 aromatic rings. The fourth-order valence-corrected chi connectivity index (χ4v) is 1.50. The lowest BCUT2D eigenvalue weighted by Gasteiger charge is -2.08. The molecular formula is C12H13N3O3. The highest BCUT2D eigenvalue weighted by Gasteiger charge is 2.04. The van der Waals surface area contributed by atoms with Crippen LogP contribution in [-0.2, 0) is 0 Å². The summed E-state index contributed by atoms with van der Waals surface area (Å²) in [6.07, 6.45) is 0. The van der Waals surface area contributed by atoms with Crippen molar-refractivity contribution in [1.29, 1.82) is 0 Å². The molecule has 2 rings (SSSR count). The molecule has 0 bridgehead atoms. The average Bonchev–Trinajstić information content (AvgIpc) is 2.27. The highest BCUT2D eigenvalue weighted by atomic mass is 16.5. The van der Waals surface area contributed by atoms with E-state index in [-0.39, 0.29) is 11.4 Å². The zero-order valence-corrected chi connectivity index (χ0v) is 10.1. The van der Waals surface area contributed by atoms with Gasteiger partial charge in [-0.2, -0.15) is 0 Å². The van der Waals surface area contributed by atoms with Crippen molar-refractivity contribution in [3.8, 4) is 17.4 Å². The molecule has 0 aliphatic carbocycles. The summed E-state index contributed by atoms with van der Waals surface area (Å²) in [6, 6.07) is 6.25. The number of nitrogens with two attached hydrogens (primary N) is 1. The second-order valence-electron chi connectivity index (χ2n) is 3.67. The van der Waals surface area contributed by atoms with E-state index in [2.05, 4.69) is 9.97 Å². The van der Waals surface area contributed by atoms with Crippen LogP contribution in [0.4, 0.5) is 5.69 Å². The Morgan fingerprint density at radius 3 is 2.72 bits per heavy atom. The third-order valence-electron chi connectivity index (χ3n) is 2.26. The topological polar surface area (TPSA) is 90.2 Å². The van der Waals surface area contributed by atoms with Gasteiger partial charge in [-0.05, 0) is 19.1 Å². The number of hydrogen-bond acceptors (Lipinski definition) is 5. The minimum Gasteiger partial charge on any atom is -0.495 e. The SMILES string of the molecule is COc1ccc(Oc2cc(=O)[nH]c(C)n2)cc1N. The molecule has 0 saturated carbocycles. The van der Waals surface area contributed by atoms with Gasteiger partial charge in [0.1, 0.15) is 17.3 Å². The molecule has 0 unspecified atom stereocenters. The van der Waals surface area contributed by atoms with Gasteiger partial charge in [-0.15, -0.1) is 0 Å². The van der Waals surface area contributed by atoms with Gasteiger partial charge in [-0.1, -0.05) is 0 Å².